The number of carbonyl (C=O) groups excluding carboxylic acids is 1. The van der Waals surface area contributed by atoms with Crippen LogP contribution in [0.25, 0.3) is 11.2 Å². The molecule has 1 aliphatic heterocycles. The monoisotopic (exact) mass is 397 g/mol. The molecule has 7 nitrogen and oxygen atoms in total. The van der Waals surface area contributed by atoms with Crippen LogP contribution in [0, 0.1) is 0 Å². The molecule has 0 N–H and O–H groups in total. The van der Waals surface area contributed by atoms with Gasteiger partial charge >= 0.3 is 0 Å². The molecule has 0 saturated carbocycles. The Labute approximate surface area is 167 Å². The van der Waals surface area contributed by atoms with Crippen molar-refractivity contribution < 1.29 is 4.79 Å². The summed E-state index contributed by atoms with van der Waals surface area (Å²) in [6.07, 6.45) is 1.62. The summed E-state index contributed by atoms with van der Waals surface area (Å²) in [5.41, 5.74) is 1.64. The summed E-state index contributed by atoms with van der Waals surface area (Å²) in [6.45, 7) is 4.66. The van der Waals surface area contributed by atoms with Crippen molar-refractivity contribution in [3.05, 3.63) is 63.7 Å². The first-order chi connectivity index (χ1) is 13.6. The highest BCUT2D eigenvalue weighted by atomic mass is 35.5. The average Bonchev–Trinajstić information content (AvgIpc) is 2.73. The van der Waals surface area contributed by atoms with Crippen LogP contribution in [0.5, 0.6) is 0 Å². The van der Waals surface area contributed by atoms with Gasteiger partial charge in [0.15, 0.2) is 11.3 Å². The zero-order valence-corrected chi connectivity index (χ0v) is 16.3. The van der Waals surface area contributed by atoms with E-state index in [0.717, 1.165) is 5.69 Å². The zero-order valence-electron chi connectivity index (χ0n) is 15.5. The molecule has 0 aliphatic carbocycles. The maximum atomic E-state index is 13.0. The molecule has 3 heterocycles. The molecule has 8 heteroatoms. The van der Waals surface area contributed by atoms with Gasteiger partial charge in [-0.3, -0.25) is 14.2 Å². The number of aromatic nitrogens is 3. The number of fused-ring (bicyclic) bond motifs is 1. The lowest BCUT2D eigenvalue weighted by molar-refractivity contribution is 0.0738. The summed E-state index contributed by atoms with van der Waals surface area (Å²) < 4.78 is 1.50. The van der Waals surface area contributed by atoms with E-state index >= 15 is 0 Å². The fourth-order valence-corrected chi connectivity index (χ4v) is 3.68. The van der Waals surface area contributed by atoms with Crippen LogP contribution in [0.1, 0.15) is 17.4 Å². The normalized spacial score (nSPS) is 14.5. The first kappa shape index (κ1) is 18.4. The highest BCUT2D eigenvalue weighted by Crippen LogP contribution is 2.21. The van der Waals surface area contributed by atoms with E-state index in [2.05, 4.69) is 14.9 Å². The lowest BCUT2D eigenvalue weighted by Crippen LogP contribution is -2.50. The summed E-state index contributed by atoms with van der Waals surface area (Å²) in [6, 6.07) is 11.2. The molecule has 1 fully saturated rings. The summed E-state index contributed by atoms with van der Waals surface area (Å²) in [7, 11) is 0. The van der Waals surface area contributed by atoms with Gasteiger partial charge in [0, 0.05) is 49.6 Å². The molecule has 4 rings (SSSR count). The Balaban J connectivity index is 1.58. The van der Waals surface area contributed by atoms with Crippen molar-refractivity contribution in [1.29, 1.82) is 0 Å². The van der Waals surface area contributed by atoms with E-state index in [4.69, 9.17) is 11.6 Å². The van der Waals surface area contributed by atoms with Crippen molar-refractivity contribution in [1.82, 2.24) is 19.4 Å². The van der Waals surface area contributed by atoms with Crippen LogP contribution in [-0.2, 0) is 6.54 Å². The van der Waals surface area contributed by atoms with Crippen LogP contribution >= 0.6 is 11.6 Å². The number of hydrogen-bond donors (Lipinski definition) is 0. The van der Waals surface area contributed by atoms with E-state index in [1.54, 1.807) is 23.2 Å². The van der Waals surface area contributed by atoms with Crippen LogP contribution in [0.3, 0.4) is 0 Å². The van der Waals surface area contributed by atoms with Crippen molar-refractivity contribution in [2.24, 2.45) is 0 Å². The van der Waals surface area contributed by atoms with Crippen LogP contribution in [0.15, 0.2) is 47.4 Å². The average molecular weight is 398 g/mol. The second-order valence-corrected chi connectivity index (χ2v) is 7.05. The van der Waals surface area contributed by atoms with Gasteiger partial charge in [0.25, 0.3) is 11.5 Å². The van der Waals surface area contributed by atoms with Crippen LogP contribution in [-0.4, -0.2) is 51.5 Å². The highest BCUT2D eigenvalue weighted by molar-refractivity contribution is 6.30. The van der Waals surface area contributed by atoms with E-state index in [9.17, 15) is 9.59 Å². The van der Waals surface area contributed by atoms with Crippen molar-refractivity contribution in [3.8, 4) is 0 Å². The number of halogens is 1. The van der Waals surface area contributed by atoms with Crippen molar-refractivity contribution >= 4 is 34.4 Å². The molecular weight excluding hydrogens is 378 g/mol. The molecule has 144 valence electrons. The van der Waals surface area contributed by atoms with Crippen LogP contribution in [0.2, 0.25) is 5.02 Å². The SMILES string of the molecule is CCn1c(=O)c(C(=O)N2CCN(c3cccc(Cl)c3)CC2)nc2cccnc21. The molecule has 0 bridgehead atoms. The molecule has 0 radical (unpaired) electrons. The number of piperazine rings is 1. The summed E-state index contributed by atoms with van der Waals surface area (Å²) in [5, 5.41) is 0.685. The minimum Gasteiger partial charge on any atom is -0.368 e. The van der Waals surface area contributed by atoms with Gasteiger partial charge in [-0.25, -0.2) is 9.97 Å². The Morgan fingerprint density at radius 1 is 1.14 bits per heavy atom. The largest absolute Gasteiger partial charge is 0.368 e. The van der Waals surface area contributed by atoms with Crippen LogP contribution < -0.4 is 10.5 Å². The van der Waals surface area contributed by atoms with Gasteiger partial charge in [-0.2, -0.15) is 0 Å². The summed E-state index contributed by atoms with van der Waals surface area (Å²) >= 11 is 6.08. The Hall–Kier alpha value is -2.93. The quantitative estimate of drug-likeness (QED) is 0.678. The van der Waals surface area contributed by atoms with Crippen molar-refractivity contribution in [2.75, 3.05) is 31.1 Å². The Bertz CT molecular complexity index is 1090. The molecule has 28 heavy (non-hydrogen) atoms. The third-order valence-electron chi connectivity index (χ3n) is 4.96. The molecule has 2 aromatic heterocycles. The summed E-state index contributed by atoms with van der Waals surface area (Å²) in [5.74, 6) is -0.330. The van der Waals surface area contributed by atoms with E-state index in [1.807, 2.05) is 31.2 Å². The predicted octanol–water partition coefficient (Wildman–Crippen LogP) is 2.43. The lowest BCUT2D eigenvalue weighted by atomic mass is 10.2. The van der Waals surface area contributed by atoms with Gasteiger partial charge in [0.1, 0.15) is 5.52 Å². The lowest BCUT2D eigenvalue weighted by Gasteiger charge is -2.36. The Morgan fingerprint density at radius 3 is 2.64 bits per heavy atom. The van der Waals surface area contributed by atoms with Crippen LogP contribution in [0.4, 0.5) is 5.69 Å². The zero-order chi connectivity index (χ0) is 19.7. The van der Waals surface area contributed by atoms with E-state index in [1.165, 1.54) is 4.57 Å². The summed E-state index contributed by atoms with van der Waals surface area (Å²) in [4.78, 5) is 38.3. The van der Waals surface area contributed by atoms with E-state index < -0.39 is 5.56 Å². The van der Waals surface area contributed by atoms with E-state index in [-0.39, 0.29) is 11.6 Å². The van der Waals surface area contributed by atoms with Gasteiger partial charge in [0.2, 0.25) is 0 Å². The van der Waals surface area contributed by atoms with Crippen molar-refractivity contribution in [3.63, 3.8) is 0 Å². The topological polar surface area (TPSA) is 71.3 Å². The molecule has 1 amide bonds. The fraction of sp³-hybridized carbons (Fsp3) is 0.300. The van der Waals surface area contributed by atoms with Gasteiger partial charge in [-0.05, 0) is 37.3 Å². The van der Waals surface area contributed by atoms with Gasteiger partial charge in [-0.1, -0.05) is 17.7 Å². The Morgan fingerprint density at radius 2 is 1.93 bits per heavy atom. The predicted molar refractivity (Wildman–Crippen MR) is 109 cm³/mol. The number of benzene rings is 1. The molecule has 1 aromatic carbocycles. The molecule has 0 unspecified atom stereocenters. The maximum Gasteiger partial charge on any atom is 0.283 e. The van der Waals surface area contributed by atoms with E-state index in [0.29, 0.717) is 48.9 Å². The first-order valence-corrected chi connectivity index (χ1v) is 9.61. The Kier molecular flexibility index (Phi) is 5.00. The molecule has 3 aromatic rings. The second-order valence-electron chi connectivity index (χ2n) is 6.62. The third kappa shape index (κ3) is 3.33. The molecule has 1 saturated heterocycles. The first-order valence-electron chi connectivity index (χ1n) is 9.24. The smallest absolute Gasteiger partial charge is 0.283 e. The van der Waals surface area contributed by atoms with Gasteiger partial charge < -0.3 is 9.80 Å². The number of aryl methyl sites for hydroxylation is 1. The molecular formula is C20H20ClN5O2. The van der Waals surface area contributed by atoms with Crippen molar-refractivity contribution in [2.45, 2.75) is 13.5 Å². The molecule has 1 aliphatic rings. The number of hydrogen-bond acceptors (Lipinski definition) is 5. The minimum absolute atomic E-state index is 0.0430. The molecule has 0 atom stereocenters. The standard InChI is InChI=1S/C20H20ClN5O2/c1-2-26-18-16(7-4-8-22-18)23-17(20(26)28)19(27)25-11-9-24(10-12-25)15-6-3-5-14(21)13-15/h3-8,13H,2,9-12H2,1H3. The number of carbonyl (C=O) groups is 1. The minimum atomic E-state index is -0.393. The van der Waals surface area contributed by atoms with Gasteiger partial charge in [-0.15, -0.1) is 0 Å². The van der Waals surface area contributed by atoms with Gasteiger partial charge in [0.05, 0.1) is 0 Å². The number of rotatable bonds is 3. The second kappa shape index (κ2) is 7.59. The fourth-order valence-electron chi connectivity index (χ4n) is 3.50. The highest BCUT2D eigenvalue weighted by Gasteiger charge is 2.26. The molecule has 0 spiro atoms. The third-order valence-corrected chi connectivity index (χ3v) is 5.20. The number of pyridine rings is 1. The number of nitrogens with zero attached hydrogens (tertiary/aromatic N) is 5. The number of amides is 1. The number of anilines is 1. The maximum absolute atomic E-state index is 13.0.